The molecule has 1 atom stereocenters. The molecule has 1 unspecified atom stereocenters. The zero-order valence-electron chi connectivity index (χ0n) is 9.37. The molecule has 0 aliphatic carbocycles. The number of hydrogen-bond acceptors (Lipinski definition) is 3. The van der Waals surface area contributed by atoms with E-state index in [0.29, 0.717) is 16.3 Å². The predicted octanol–water partition coefficient (Wildman–Crippen LogP) is 2.64. The molecule has 16 heavy (non-hydrogen) atoms. The third kappa shape index (κ3) is 2.88. The van der Waals surface area contributed by atoms with Crippen LogP contribution in [-0.4, -0.2) is 17.8 Å². The summed E-state index contributed by atoms with van der Waals surface area (Å²) in [5, 5.41) is 21.8. The summed E-state index contributed by atoms with van der Waals surface area (Å²) < 4.78 is 0. The standard InChI is InChI=1S/C12H15ClN2O/c1-8(2)12(7-16)15-11-5-3-4-10(13)9(11)6-14/h3-5,8,12,15-16H,7H2,1-2H3. The first kappa shape index (κ1) is 12.8. The number of aliphatic hydroxyl groups is 1. The van der Waals surface area contributed by atoms with Gasteiger partial charge in [-0.15, -0.1) is 0 Å². The minimum absolute atomic E-state index is 0.0229. The number of anilines is 1. The molecule has 0 radical (unpaired) electrons. The second-order valence-corrected chi connectivity index (χ2v) is 4.36. The molecule has 4 heteroatoms. The number of halogens is 1. The van der Waals surface area contributed by atoms with Gasteiger partial charge < -0.3 is 10.4 Å². The van der Waals surface area contributed by atoms with E-state index in [9.17, 15) is 5.11 Å². The molecule has 0 saturated carbocycles. The monoisotopic (exact) mass is 238 g/mol. The highest BCUT2D eigenvalue weighted by atomic mass is 35.5. The molecule has 0 amide bonds. The van der Waals surface area contributed by atoms with Crippen molar-refractivity contribution in [1.82, 2.24) is 0 Å². The van der Waals surface area contributed by atoms with Crippen LogP contribution in [0.15, 0.2) is 18.2 Å². The van der Waals surface area contributed by atoms with Gasteiger partial charge in [0.05, 0.1) is 28.9 Å². The van der Waals surface area contributed by atoms with Gasteiger partial charge in [-0.3, -0.25) is 0 Å². The van der Waals surface area contributed by atoms with Crippen molar-refractivity contribution in [1.29, 1.82) is 5.26 Å². The summed E-state index contributed by atoms with van der Waals surface area (Å²) in [5.41, 5.74) is 1.09. The van der Waals surface area contributed by atoms with Crippen molar-refractivity contribution < 1.29 is 5.11 Å². The predicted molar refractivity (Wildman–Crippen MR) is 65.5 cm³/mol. The summed E-state index contributed by atoms with van der Waals surface area (Å²) in [6.07, 6.45) is 0. The fourth-order valence-electron chi connectivity index (χ4n) is 1.38. The molecular weight excluding hydrogens is 224 g/mol. The molecule has 2 N–H and O–H groups in total. The number of nitrogens with one attached hydrogen (secondary N) is 1. The molecule has 0 aliphatic rings. The summed E-state index contributed by atoms with van der Waals surface area (Å²) in [7, 11) is 0. The smallest absolute Gasteiger partial charge is 0.103 e. The number of aliphatic hydroxyl groups excluding tert-OH is 1. The first-order chi connectivity index (χ1) is 7.60. The van der Waals surface area contributed by atoms with E-state index >= 15 is 0 Å². The fourth-order valence-corrected chi connectivity index (χ4v) is 1.60. The quantitative estimate of drug-likeness (QED) is 0.848. The van der Waals surface area contributed by atoms with E-state index in [0.717, 1.165) is 0 Å². The highest BCUT2D eigenvalue weighted by Gasteiger charge is 2.14. The maximum absolute atomic E-state index is 9.21. The molecule has 3 nitrogen and oxygen atoms in total. The van der Waals surface area contributed by atoms with E-state index in [2.05, 4.69) is 11.4 Å². The lowest BCUT2D eigenvalue weighted by atomic mass is 10.0. The summed E-state index contributed by atoms with van der Waals surface area (Å²) in [5.74, 6) is 0.274. The average molecular weight is 239 g/mol. The van der Waals surface area contributed by atoms with Gasteiger partial charge in [-0.1, -0.05) is 31.5 Å². The molecular formula is C12H15ClN2O. The Kier molecular flexibility index (Phi) is 4.60. The maximum atomic E-state index is 9.21. The van der Waals surface area contributed by atoms with Crippen LogP contribution in [0.2, 0.25) is 5.02 Å². The summed E-state index contributed by atoms with van der Waals surface area (Å²) in [4.78, 5) is 0. The van der Waals surface area contributed by atoms with Crippen LogP contribution in [0.4, 0.5) is 5.69 Å². The van der Waals surface area contributed by atoms with Crippen LogP contribution in [-0.2, 0) is 0 Å². The highest BCUT2D eigenvalue weighted by Crippen LogP contribution is 2.24. The molecule has 0 bridgehead atoms. The van der Waals surface area contributed by atoms with Crippen LogP contribution >= 0.6 is 11.6 Å². The Morgan fingerprint density at radius 2 is 2.19 bits per heavy atom. The Labute approximate surface area is 101 Å². The minimum Gasteiger partial charge on any atom is -0.394 e. The zero-order valence-corrected chi connectivity index (χ0v) is 10.1. The molecule has 0 fully saturated rings. The lowest BCUT2D eigenvalue weighted by Crippen LogP contribution is -2.29. The van der Waals surface area contributed by atoms with Crippen molar-refractivity contribution >= 4 is 17.3 Å². The zero-order chi connectivity index (χ0) is 12.1. The Balaban J connectivity index is 2.97. The van der Waals surface area contributed by atoms with Gasteiger partial charge in [0.25, 0.3) is 0 Å². The SMILES string of the molecule is CC(C)C(CO)Nc1cccc(Cl)c1C#N. The molecule has 1 aromatic rings. The second-order valence-electron chi connectivity index (χ2n) is 3.95. The lowest BCUT2D eigenvalue weighted by molar-refractivity contribution is 0.249. The highest BCUT2D eigenvalue weighted by molar-refractivity contribution is 6.32. The van der Waals surface area contributed by atoms with Crippen LogP contribution in [0.5, 0.6) is 0 Å². The van der Waals surface area contributed by atoms with E-state index < -0.39 is 0 Å². The van der Waals surface area contributed by atoms with Crippen molar-refractivity contribution in [2.75, 3.05) is 11.9 Å². The van der Waals surface area contributed by atoms with E-state index in [1.165, 1.54) is 0 Å². The number of nitrogens with zero attached hydrogens (tertiary/aromatic N) is 1. The first-order valence-corrected chi connectivity index (χ1v) is 5.54. The number of hydrogen-bond donors (Lipinski definition) is 2. The van der Waals surface area contributed by atoms with Crippen LogP contribution in [0.25, 0.3) is 0 Å². The van der Waals surface area contributed by atoms with Crippen LogP contribution in [0.1, 0.15) is 19.4 Å². The van der Waals surface area contributed by atoms with Gasteiger partial charge in [0.1, 0.15) is 6.07 Å². The van der Waals surface area contributed by atoms with Crippen LogP contribution in [0, 0.1) is 17.2 Å². The van der Waals surface area contributed by atoms with Gasteiger partial charge in [0.2, 0.25) is 0 Å². The van der Waals surface area contributed by atoms with Gasteiger partial charge in [-0.05, 0) is 18.1 Å². The Hall–Kier alpha value is -1.24. The molecule has 1 rings (SSSR count). The largest absolute Gasteiger partial charge is 0.394 e. The topological polar surface area (TPSA) is 56.0 Å². The van der Waals surface area contributed by atoms with Gasteiger partial charge in [0.15, 0.2) is 0 Å². The van der Waals surface area contributed by atoms with Crippen molar-refractivity contribution in [2.24, 2.45) is 5.92 Å². The van der Waals surface area contributed by atoms with Crippen molar-refractivity contribution in [3.8, 4) is 6.07 Å². The van der Waals surface area contributed by atoms with Crippen molar-refractivity contribution in [3.63, 3.8) is 0 Å². The average Bonchev–Trinajstić information content (AvgIpc) is 2.25. The first-order valence-electron chi connectivity index (χ1n) is 5.16. The molecule has 1 aromatic carbocycles. The minimum atomic E-state index is -0.0782. The van der Waals surface area contributed by atoms with E-state index in [-0.39, 0.29) is 18.6 Å². The number of rotatable bonds is 4. The number of benzene rings is 1. The van der Waals surface area contributed by atoms with Gasteiger partial charge in [-0.2, -0.15) is 5.26 Å². The maximum Gasteiger partial charge on any atom is 0.103 e. The molecule has 86 valence electrons. The normalized spacial score (nSPS) is 12.2. The van der Waals surface area contributed by atoms with Gasteiger partial charge >= 0.3 is 0 Å². The van der Waals surface area contributed by atoms with E-state index in [1.807, 2.05) is 13.8 Å². The molecule has 0 saturated heterocycles. The molecule has 0 spiro atoms. The summed E-state index contributed by atoms with van der Waals surface area (Å²) in [6, 6.07) is 7.22. The fraction of sp³-hybridized carbons (Fsp3) is 0.417. The Bertz CT molecular complexity index is 398. The summed E-state index contributed by atoms with van der Waals surface area (Å²) in [6.45, 7) is 4.03. The number of nitriles is 1. The van der Waals surface area contributed by atoms with Gasteiger partial charge in [-0.25, -0.2) is 0 Å². The van der Waals surface area contributed by atoms with Gasteiger partial charge in [0, 0.05) is 0 Å². The third-order valence-corrected chi connectivity index (χ3v) is 2.78. The van der Waals surface area contributed by atoms with E-state index in [4.69, 9.17) is 16.9 Å². The van der Waals surface area contributed by atoms with Crippen molar-refractivity contribution in [3.05, 3.63) is 28.8 Å². The Morgan fingerprint density at radius 1 is 1.50 bits per heavy atom. The molecule has 0 aliphatic heterocycles. The molecule has 0 heterocycles. The van der Waals surface area contributed by atoms with Crippen molar-refractivity contribution in [2.45, 2.75) is 19.9 Å². The van der Waals surface area contributed by atoms with Crippen LogP contribution < -0.4 is 5.32 Å². The third-order valence-electron chi connectivity index (χ3n) is 2.47. The summed E-state index contributed by atoms with van der Waals surface area (Å²) >= 11 is 5.91. The van der Waals surface area contributed by atoms with E-state index in [1.54, 1.807) is 18.2 Å². The second kappa shape index (κ2) is 5.74. The Morgan fingerprint density at radius 3 is 2.69 bits per heavy atom. The lowest BCUT2D eigenvalue weighted by Gasteiger charge is -2.22. The van der Waals surface area contributed by atoms with Crippen LogP contribution in [0.3, 0.4) is 0 Å². The molecule has 0 aromatic heterocycles.